The Morgan fingerprint density at radius 2 is 1.86 bits per heavy atom. The molecule has 0 N–H and O–H groups in total. The van der Waals surface area contributed by atoms with Crippen LogP contribution in [-0.2, 0) is 4.79 Å². The summed E-state index contributed by atoms with van der Waals surface area (Å²) in [7, 11) is 0. The molecule has 6 rings (SSSR count). The maximum atomic E-state index is 15.0. The Kier molecular flexibility index (Phi) is 8.67. The van der Waals surface area contributed by atoms with E-state index in [1.165, 1.54) is 19.1 Å². The van der Waals surface area contributed by atoms with Gasteiger partial charge in [0.2, 0.25) is 5.91 Å². The van der Waals surface area contributed by atoms with Crippen LogP contribution < -0.4 is 15.2 Å². The van der Waals surface area contributed by atoms with Gasteiger partial charge in [-0.3, -0.25) is 14.2 Å². The molecular weight excluding hydrogens is 578 g/mol. The van der Waals surface area contributed by atoms with Gasteiger partial charge in [0.25, 0.3) is 5.56 Å². The van der Waals surface area contributed by atoms with E-state index in [1.807, 2.05) is 4.90 Å². The zero-order chi connectivity index (χ0) is 30.8. The van der Waals surface area contributed by atoms with Crippen molar-refractivity contribution in [3.05, 3.63) is 69.5 Å². The Bertz CT molecular complexity index is 1750. The highest BCUT2D eigenvalue weighted by Gasteiger charge is 2.35. The van der Waals surface area contributed by atoms with Gasteiger partial charge < -0.3 is 19.4 Å². The molecule has 43 heavy (non-hydrogen) atoms. The number of aromatic nitrogens is 1. The summed E-state index contributed by atoms with van der Waals surface area (Å²) in [6, 6.07) is 8.35. The molecule has 222 valence electrons. The molecule has 4 heterocycles. The zero-order valence-corrected chi connectivity index (χ0v) is 24.3. The third kappa shape index (κ3) is 5.42. The Hall–Kier alpha value is -4.45. The second-order valence-corrected chi connectivity index (χ2v) is 10.9. The van der Waals surface area contributed by atoms with Crippen LogP contribution in [0.5, 0.6) is 5.75 Å². The summed E-state index contributed by atoms with van der Waals surface area (Å²) >= 11 is 6.79. The summed E-state index contributed by atoms with van der Waals surface area (Å²) in [6.45, 7) is 9.01. The molecule has 3 aliphatic heterocycles. The second kappa shape index (κ2) is 12.4. The van der Waals surface area contributed by atoms with Crippen LogP contribution in [-0.4, -0.2) is 72.7 Å². The molecule has 0 saturated carbocycles. The van der Waals surface area contributed by atoms with Gasteiger partial charge in [0.05, 0.1) is 28.3 Å². The standard InChI is InChI=1S/C29H26ClF2N5O3.C2H3N/c1-2-24(38)35-8-10-36(11-9-35)26-20-13-22(30)25(19-5-4-17(31)12-23(19)32)28-27(20)37(29(39)21(26)14-33)18(16-40-28)15-34-6-3-7-34;1-2-3/h2,4-5,12-13,18H,1,3,6-11,15-16H2;1H3. The Balaban J connectivity index is 0.00000118. The number of hydrogen-bond acceptors (Lipinski definition) is 7. The molecule has 0 bridgehead atoms. The fraction of sp³-hybridized carbons (Fsp3) is 0.355. The van der Waals surface area contributed by atoms with Gasteiger partial charge in [0.1, 0.15) is 29.9 Å². The fourth-order valence-corrected chi connectivity index (χ4v) is 6.18. The van der Waals surface area contributed by atoms with Gasteiger partial charge in [-0.2, -0.15) is 10.5 Å². The third-order valence-corrected chi connectivity index (χ3v) is 8.27. The van der Waals surface area contributed by atoms with Crippen molar-refractivity contribution >= 4 is 34.1 Å². The molecule has 2 fully saturated rings. The van der Waals surface area contributed by atoms with E-state index in [0.29, 0.717) is 49.3 Å². The van der Waals surface area contributed by atoms with Crippen LogP contribution in [0.3, 0.4) is 0 Å². The van der Waals surface area contributed by atoms with E-state index >= 15 is 4.39 Å². The van der Waals surface area contributed by atoms with E-state index in [-0.39, 0.29) is 46.0 Å². The summed E-state index contributed by atoms with van der Waals surface area (Å²) in [5.74, 6) is -1.51. The molecule has 12 heteroatoms. The summed E-state index contributed by atoms with van der Waals surface area (Å²) in [5.41, 5.74) is 0.618. The van der Waals surface area contributed by atoms with Gasteiger partial charge in [0, 0.05) is 62.2 Å². The molecule has 1 aromatic heterocycles. The number of halogens is 3. The van der Waals surface area contributed by atoms with Crippen molar-refractivity contribution in [1.29, 1.82) is 10.5 Å². The second-order valence-electron chi connectivity index (χ2n) is 10.5. The summed E-state index contributed by atoms with van der Waals surface area (Å²) in [4.78, 5) is 32.0. The van der Waals surface area contributed by atoms with Crippen molar-refractivity contribution in [3.63, 3.8) is 0 Å². The van der Waals surface area contributed by atoms with Gasteiger partial charge in [-0.1, -0.05) is 18.2 Å². The summed E-state index contributed by atoms with van der Waals surface area (Å²) in [6.07, 6.45) is 2.33. The van der Waals surface area contributed by atoms with Crippen LogP contribution in [0, 0.1) is 34.3 Å². The van der Waals surface area contributed by atoms with Crippen molar-refractivity contribution in [2.24, 2.45) is 0 Å². The van der Waals surface area contributed by atoms with Gasteiger partial charge in [-0.25, -0.2) is 8.78 Å². The Labute approximate surface area is 252 Å². The number of pyridine rings is 1. The van der Waals surface area contributed by atoms with Crippen LogP contribution in [0.4, 0.5) is 14.5 Å². The van der Waals surface area contributed by atoms with Crippen molar-refractivity contribution in [1.82, 2.24) is 14.4 Å². The quantitative estimate of drug-likeness (QED) is 0.395. The predicted molar refractivity (Wildman–Crippen MR) is 159 cm³/mol. The number of carbonyl (C=O) groups is 1. The number of hydrogen-bond donors (Lipinski definition) is 0. The van der Waals surface area contributed by atoms with Crippen LogP contribution >= 0.6 is 11.6 Å². The molecule has 1 unspecified atom stereocenters. The lowest BCUT2D eigenvalue weighted by molar-refractivity contribution is -0.126. The Morgan fingerprint density at radius 3 is 2.44 bits per heavy atom. The van der Waals surface area contributed by atoms with E-state index in [4.69, 9.17) is 21.6 Å². The normalized spacial score (nSPS) is 17.6. The monoisotopic (exact) mass is 606 g/mol. The number of carbonyl (C=O) groups excluding carboxylic acids is 1. The molecule has 0 aliphatic carbocycles. The predicted octanol–water partition coefficient (Wildman–Crippen LogP) is 4.48. The SMILES string of the molecule is C=CC(=O)N1CCN(c2c(C#N)c(=O)n3c4c(c(-c5ccc(F)cc5F)c(Cl)cc24)OCC3CN2CCC2)CC1.CC#N. The highest BCUT2D eigenvalue weighted by Crippen LogP contribution is 2.48. The van der Waals surface area contributed by atoms with Gasteiger partial charge in [-0.15, -0.1) is 0 Å². The number of nitriles is 2. The lowest BCUT2D eigenvalue weighted by Crippen LogP contribution is -2.49. The number of ether oxygens (including phenoxy) is 1. The minimum Gasteiger partial charge on any atom is -0.488 e. The fourth-order valence-electron chi connectivity index (χ4n) is 5.89. The number of piperazine rings is 1. The van der Waals surface area contributed by atoms with Crippen molar-refractivity contribution in [2.75, 3.05) is 57.3 Å². The number of likely N-dealkylation sites (tertiary alicyclic amines) is 1. The van der Waals surface area contributed by atoms with Gasteiger partial charge in [-0.05, 0) is 43.8 Å². The van der Waals surface area contributed by atoms with Crippen LogP contribution in [0.25, 0.3) is 22.0 Å². The first kappa shape index (κ1) is 30.0. The number of amides is 1. The van der Waals surface area contributed by atoms with Crippen molar-refractivity contribution in [2.45, 2.75) is 19.4 Å². The van der Waals surface area contributed by atoms with Crippen LogP contribution in [0.1, 0.15) is 24.9 Å². The number of nitrogens with zero attached hydrogens (tertiary/aromatic N) is 6. The molecule has 2 saturated heterocycles. The first-order valence-electron chi connectivity index (χ1n) is 13.9. The van der Waals surface area contributed by atoms with Crippen LogP contribution in [0.15, 0.2) is 41.7 Å². The Morgan fingerprint density at radius 1 is 1.16 bits per heavy atom. The lowest BCUT2D eigenvalue weighted by Gasteiger charge is -2.39. The highest BCUT2D eigenvalue weighted by atomic mass is 35.5. The number of rotatable bonds is 5. The lowest BCUT2D eigenvalue weighted by atomic mass is 9.97. The molecule has 0 spiro atoms. The number of anilines is 1. The van der Waals surface area contributed by atoms with Gasteiger partial charge >= 0.3 is 0 Å². The molecule has 1 amide bonds. The molecule has 3 aromatic rings. The minimum atomic E-state index is -0.811. The first-order valence-corrected chi connectivity index (χ1v) is 14.2. The summed E-state index contributed by atoms with van der Waals surface area (Å²) < 4.78 is 36.7. The maximum Gasteiger partial charge on any atom is 0.271 e. The van der Waals surface area contributed by atoms with E-state index in [2.05, 4.69) is 17.5 Å². The summed E-state index contributed by atoms with van der Waals surface area (Å²) in [5, 5.41) is 18.2. The third-order valence-electron chi connectivity index (χ3n) is 7.97. The molecule has 9 nitrogen and oxygen atoms in total. The smallest absolute Gasteiger partial charge is 0.271 e. The van der Waals surface area contributed by atoms with E-state index in [9.17, 15) is 19.2 Å². The molecular formula is C31H29ClF2N6O3. The minimum absolute atomic E-state index is 0.0192. The molecule has 3 aliphatic rings. The largest absolute Gasteiger partial charge is 0.488 e. The van der Waals surface area contributed by atoms with Crippen molar-refractivity contribution < 1.29 is 18.3 Å². The van der Waals surface area contributed by atoms with E-state index in [0.717, 1.165) is 31.6 Å². The van der Waals surface area contributed by atoms with Gasteiger partial charge in [0.15, 0.2) is 5.75 Å². The first-order chi connectivity index (χ1) is 20.7. The molecule has 0 radical (unpaired) electrons. The topological polar surface area (TPSA) is 106 Å². The van der Waals surface area contributed by atoms with E-state index < -0.39 is 17.2 Å². The average Bonchev–Trinajstić information content (AvgIpc) is 2.97. The maximum absolute atomic E-state index is 15.0. The molecule has 1 atom stereocenters. The number of benzene rings is 2. The van der Waals surface area contributed by atoms with Crippen molar-refractivity contribution in [3.8, 4) is 29.0 Å². The zero-order valence-electron chi connectivity index (χ0n) is 23.6. The van der Waals surface area contributed by atoms with E-state index in [1.54, 1.807) is 21.6 Å². The van der Waals surface area contributed by atoms with Crippen LogP contribution in [0.2, 0.25) is 5.02 Å². The molecule has 2 aromatic carbocycles. The average molecular weight is 607 g/mol. The highest BCUT2D eigenvalue weighted by molar-refractivity contribution is 6.35.